The van der Waals surface area contributed by atoms with Gasteiger partial charge >= 0.3 is 0 Å². The monoisotopic (exact) mass is 412 g/mol. The van der Waals surface area contributed by atoms with E-state index in [0.29, 0.717) is 15.8 Å². The molecule has 124 valence electrons. The van der Waals surface area contributed by atoms with Crippen LogP contribution >= 0.6 is 27.5 Å². The number of Topliss-reactive ketones (excluding diaryl/α,β-unsaturated/α-hetero) is 1. The first-order valence-electron chi connectivity index (χ1n) is 7.11. The molecule has 2 heterocycles. The van der Waals surface area contributed by atoms with Gasteiger partial charge in [0.25, 0.3) is 0 Å². The predicted molar refractivity (Wildman–Crippen MR) is 92.4 cm³/mol. The molecule has 3 aromatic rings. The third-order valence-electron chi connectivity index (χ3n) is 3.64. The van der Waals surface area contributed by atoms with Crippen molar-refractivity contribution in [3.63, 3.8) is 0 Å². The first kappa shape index (κ1) is 17.0. The standard InChI is InChI=1S/C17H12BrClF2N2O/c1-9-2-3-23-14(7-11(24)8-19)17(22-15(23)4-9)16-12(20)5-10(18)6-13(16)21/h2-6H,7-8H2,1H3. The number of nitrogens with zero attached hydrogens (tertiary/aromatic N) is 2. The fourth-order valence-corrected chi connectivity index (χ4v) is 3.07. The van der Waals surface area contributed by atoms with Crippen LogP contribution in [0.25, 0.3) is 16.9 Å². The Bertz CT molecular complexity index is 932. The van der Waals surface area contributed by atoms with E-state index in [9.17, 15) is 13.6 Å². The maximum absolute atomic E-state index is 14.4. The molecular weight excluding hydrogens is 402 g/mol. The molecule has 3 nitrogen and oxygen atoms in total. The number of imidazole rings is 1. The number of hydrogen-bond donors (Lipinski definition) is 0. The number of carbonyl (C=O) groups is 1. The molecule has 0 bridgehead atoms. The van der Waals surface area contributed by atoms with Crippen molar-refractivity contribution < 1.29 is 13.6 Å². The van der Waals surface area contributed by atoms with Crippen molar-refractivity contribution in [1.29, 1.82) is 0 Å². The van der Waals surface area contributed by atoms with Crippen molar-refractivity contribution in [2.24, 2.45) is 0 Å². The van der Waals surface area contributed by atoms with Crippen LogP contribution in [0, 0.1) is 18.6 Å². The van der Waals surface area contributed by atoms with Crippen LogP contribution in [0.5, 0.6) is 0 Å². The normalized spacial score (nSPS) is 11.2. The summed E-state index contributed by atoms with van der Waals surface area (Å²) in [5, 5.41) is 0. The van der Waals surface area contributed by atoms with Gasteiger partial charge in [-0.1, -0.05) is 15.9 Å². The van der Waals surface area contributed by atoms with Gasteiger partial charge in [-0.25, -0.2) is 13.8 Å². The van der Waals surface area contributed by atoms with Crippen LogP contribution in [0.3, 0.4) is 0 Å². The molecule has 0 aliphatic rings. The average molecular weight is 414 g/mol. The lowest BCUT2D eigenvalue weighted by Gasteiger charge is -2.07. The average Bonchev–Trinajstić information content (AvgIpc) is 2.83. The van der Waals surface area contributed by atoms with Crippen molar-refractivity contribution in [1.82, 2.24) is 9.38 Å². The molecule has 0 fully saturated rings. The number of alkyl halides is 1. The minimum Gasteiger partial charge on any atom is -0.303 e. The Morgan fingerprint density at radius 2 is 1.96 bits per heavy atom. The van der Waals surface area contributed by atoms with Crippen molar-refractivity contribution in [3.05, 3.63) is 57.8 Å². The van der Waals surface area contributed by atoms with E-state index in [4.69, 9.17) is 11.6 Å². The summed E-state index contributed by atoms with van der Waals surface area (Å²) in [6, 6.07) is 5.95. The molecule has 0 unspecified atom stereocenters. The highest BCUT2D eigenvalue weighted by Gasteiger charge is 2.22. The van der Waals surface area contributed by atoms with E-state index < -0.39 is 11.6 Å². The predicted octanol–water partition coefficient (Wildman–Crippen LogP) is 4.70. The Hall–Kier alpha value is -1.79. The fourth-order valence-electron chi connectivity index (χ4n) is 2.57. The molecule has 0 radical (unpaired) electrons. The Kier molecular flexibility index (Phi) is 4.69. The zero-order chi connectivity index (χ0) is 17.4. The zero-order valence-corrected chi connectivity index (χ0v) is 15.0. The highest BCUT2D eigenvalue weighted by atomic mass is 79.9. The van der Waals surface area contributed by atoms with E-state index >= 15 is 0 Å². The molecule has 0 N–H and O–H groups in total. The minimum absolute atomic E-state index is 0.0575. The van der Waals surface area contributed by atoms with E-state index in [1.165, 1.54) is 12.1 Å². The Morgan fingerprint density at radius 3 is 2.58 bits per heavy atom. The third kappa shape index (κ3) is 3.08. The number of aryl methyl sites for hydroxylation is 1. The number of benzene rings is 1. The zero-order valence-electron chi connectivity index (χ0n) is 12.6. The molecule has 0 spiro atoms. The summed E-state index contributed by atoms with van der Waals surface area (Å²) in [6.45, 7) is 1.89. The van der Waals surface area contributed by atoms with Gasteiger partial charge in [-0.3, -0.25) is 4.79 Å². The Morgan fingerprint density at radius 1 is 1.29 bits per heavy atom. The molecule has 0 saturated heterocycles. The van der Waals surface area contributed by atoms with Crippen LogP contribution in [0.4, 0.5) is 8.78 Å². The lowest BCUT2D eigenvalue weighted by atomic mass is 10.1. The van der Waals surface area contributed by atoms with E-state index in [0.717, 1.165) is 5.56 Å². The minimum atomic E-state index is -0.749. The van der Waals surface area contributed by atoms with Gasteiger partial charge in [0.1, 0.15) is 17.3 Å². The molecule has 0 saturated carbocycles. The van der Waals surface area contributed by atoms with Crippen LogP contribution in [-0.2, 0) is 11.2 Å². The van der Waals surface area contributed by atoms with E-state index in [1.54, 1.807) is 16.7 Å². The second-order valence-electron chi connectivity index (χ2n) is 5.43. The maximum atomic E-state index is 14.4. The Balaban J connectivity index is 2.31. The van der Waals surface area contributed by atoms with Gasteiger partial charge in [0.05, 0.1) is 29.3 Å². The quantitative estimate of drug-likeness (QED) is 0.581. The number of fused-ring (bicyclic) bond motifs is 1. The van der Waals surface area contributed by atoms with Crippen LogP contribution in [0.15, 0.2) is 34.9 Å². The largest absolute Gasteiger partial charge is 0.303 e. The molecule has 2 aromatic heterocycles. The number of rotatable bonds is 4. The Labute approximate surface area is 150 Å². The topological polar surface area (TPSA) is 34.4 Å². The molecule has 24 heavy (non-hydrogen) atoms. The van der Waals surface area contributed by atoms with Crippen LogP contribution in [0.2, 0.25) is 0 Å². The summed E-state index contributed by atoms with van der Waals surface area (Å²) >= 11 is 8.65. The van der Waals surface area contributed by atoms with Crippen molar-refractivity contribution in [2.45, 2.75) is 13.3 Å². The summed E-state index contributed by atoms with van der Waals surface area (Å²) in [4.78, 5) is 16.2. The summed E-state index contributed by atoms with van der Waals surface area (Å²) in [5.74, 6) is -1.93. The number of ketones is 1. The van der Waals surface area contributed by atoms with Gasteiger partial charge in [-0.2, -0.15) is 0 Å². The van der Waals surface area contributed by atoms with E-state index in [2.05, 4.69) is 20.9 Å². The number of pyridine rings is 1. The molecule has 0 aliphatic heterocycles. The SMILES string of the molecule is Cc1ccn2c(CC(=O)CCl)c(-c3c(F)cc(Br)cc3F)nc2c1. The van der Waals surface area contributed by atoms with Gasteiger partial charge in [0.15, 0.2) is 5.78 Å². The number of aromatic nitrogens is 2. The van der Waals surface area contributed by atoms with E-state index in [-0.39, 0.29) is 29.3 Å². The second kappa shape index (κ2) is 6.61. The highest BCUT2D eigenvalue weighted by Crippen LogP contribution is 2.32. The second-order valence-corrected chi connectivity index (χ2v) is 6.62. The summed E-state index contributed by atoms with van der Waals surface area (Å²) in [6.07, 6.45) is 1.67. The smallest absolute Gasteiger partial charge is 0.153 e. The third-order valence-corrected chi connectivity index (χ3v) is 4.39. The summed E-state index contributed by atoms with van der Waals surface area (Å²) < 4.78 is 30.7. The van der Waals surface area contributed by atoms with Crippen molar-refractivity contribution in [3.8, 4) is 11.3 Å². The number of hydrogen-bond acceptors (Lipinski definition) is 2. The van der Waals surface area contributed by atoms with Gasteiger partial charge in [-0.15, -0.1) is 11.6 Å². The van der Waals surface area contributed by atoms with Crippen molar-refractivity contribution in [2.75, 3.05) is 5.88 Å². The summed E-state index contributed by atoms with van der Waals surface area (Å²) in [7, 11) is 0. The van der Waals surface area contributed by atoms with Crippen LogP contribution in [-0.4, -0.2) is 21.0 Å². The molecule has 0 atom stereocenters. The van der Waals surface area contributed by atoms with E-state index in [1.807, 2.05) is 13.0 Å². The fraction of sp³-hybridized carbons (Fsp3) is 0.176. The highest BCUT2D eigenvalue weighted by molar-refractivity contribution is 9.10. The van der Waals surface area contributed by atoms with Gasteiger partial charge in [0, 0.05) is 10.7 Å². The van der Waals surface area contributed by atoms with Crippen molar-refractivity contribution >= 4 is 39.0 Å². The lowest BCUT2D eigenvalue weighted by Crippen LogP contribution is -2.08. The maximum Gasteiger partial charge on any atom is 0.153 e. The summed E-state index contributed by atoms with van der Waals surface area (Å²) in [5.41, 5.74) is 1.74. The molecule has 0 aliphatic carbocycles. The van der Waals surface area contributed by atoms with Crippen LogP contribution < -0.4 is 0 Å². The first-order valence-corrected chi connectivity index (χ1v) is 8.43. The number of carbonyl (C=O) groups excluding carboxylic acids is 1. The molecule has 3 rings (SSSR count). The number of halogens is 4. The first-order chi connectivity index (χ1) is 11.4. The van der Waals surface area contributed by atoms with Crippen LogP contribution in [0.1, 0.15) is 11.3 Å². The van der Waals surface area contributed by atoms with Gasteiger partial charge < -0.3 is 4.40 Å². The van der Waals surface area contributed by atoms with Gasteiger partial charge in [0.2, 0.25) is 0 Å². The lowest BCUT2D eigenvalue weighted by molar-refractivity contribution is -0.116. The molecule has 1 aromatic carbocycles. The van der Waals surface area contributed by atoms with Gasteiger partial charge in [-0.05, 0) is 36.8 Å². The molecular formula is C17H12BrClF2N2O. The molecule has 0 amide bonds. The molecule has 7 heteroatoms.